The third-order valence-corrected chi connectivity index (χ3v) is 4.15. The maximum absolute atomic E-state index is 12.6. The van der Waals surface area contributed by atoms with Crippen molar-refractivity contribution in [1.82, 2.24) is 5.32 Å². The summed E-state index contributed by atoms with van der Waals surface area (Å²) in [5.41, 5.74) is 1.20. The molecule has 0 radical (unpaired) electrons. The molecule has 8 nitrogen and oxygen atoms in total. The molecule has 8 heteroatoms. The van der Waals surface area contributed by atoms with Gasteiger partial charge in [0, 0.05) is 43.9 Å². The molecule has 0 spiro atoms. The van der Waals surface area contributed by atoms with Crippen LogP contribution < -0.4 is 20.3 Å². The summed E-state index contributed by atoms with van der Waals surface area (Å²) in [6.07, 6.45) is 0.215. The van der Waals surface area contributed by atoms with E-state index in [4.69, 9.17) is 10.00 Å². The first-order chi connectivity index (χ1) is 14.5. The molecule has 0 aliphatic rings. The molecule has 2 N–H and O–H groups in total. The lowest BCUT2D eigenvalue weighted by atomic mass is 10.2. The molecule has 0 aromatic heterocycles. The molecule has 0 saturated heterocycles. The van der Waals surface area contributed by atoms with Gasteiger partial charge in [0.05, 0.1) is 12.5 Å². The maximum atomic E-state index is 12.6. The number of benzene rings is 2. The van der Waals surface area contributed by atoms with Gasteiger partial charge in [-0.2, -0.15) is 5.26 Å². The Kier molecular flexibility index (Phi) is 8.87. The summed E-state index contributed by atoms with van der Waals surface area (Å²) < 4.78 is 5.35. The highest BCUT2D eigenvalue weighted by Crippen LogP contribution is 2.19. The van der Waals surface area contributed by atoms with E-state index < -0.39 is 0 Å². The van der Waals surface area contributed by atoms with E-state index >= 15 is 0 Å². The second-order valence-electron chi connectivity index (χ2n) is 6.33. The molecule has 0 atom stereocenters. The van der Waals surface area contributed by atoms with Crippen LogP contribution in [0, 0.1) is 11.3 Å². The van der Waals surface area contributed by atoms with E-state index in [0.717, 1.165) is 0 Å². The van der Waals surface area contributed by atoms with Gasteiger partial charge in [0.1, 0.15) is 5.75 Å². The zero-order valence-corrected chi connectivity index (χ0v) is 16.8. The van der Waals surface area contributed by atoms with Gasteiger partial charge in [-0.15, -0.1) is 0 Å². The predicted octanol–water partition coefficient (Wildman–Crippen LogP) is 2.48. The van der Waals surface area contributed by atoms with Gasteiger partial charge in [0.15, 0.2) is 6.61 Å². The summed E-state index contributed by atoms with van der Waals surface area (Å²) in [6, 6.07) is 17.8. The second kappa shape index (κ2) is 11.9. The van der Waals surface area contributed by atoms with Crippen molar-refractivity contribution in [2.75, 3.05) is 30.4 Å². The van der Waals surface area contributed by atoms with Gasteiger partial charge in [0.2, 0.25) is 11.8 Å². The van der Waals surface area contributed by atoms with Gasteiger partial charge in [0.25, 0.3) is 5.91 Å². The summed E-state index contributed by atoms with van der Waals surface area (Å²) >= 11 is 0. The lowest BCUT2D eigenvalue weighted by molar-refractivity contribution is -0.122. The molecular weight excluding hydrogens is 384 g/mol. The minimum absolute atomic E-state index is 0.00194. The predicted molar refractivity (Wildman–Crippen MR) is 113 cm³/mol. The number of amides is 3. The van der Waals surface area contributed by atoms with Gasteiger partial charge in [-0.25, -0.2) is 0 Å². The molecule has 0 heterocycles. The molecule has 0 fully saturated rings. The zero-order valence-electron chi connectivity index (χ0n) is 16.8. The Balaban J connectivity index is 1.90. The third-order valence-electron chi connectivity index (χ3n) is 4.15. The minimum atomic E-state index is -0.319. The van der Waals surface area contributed by atoms with Crippen LogP contribution in [-0.2, 0) is 14.4 Å². The van der Waals surface area contributed by atoms with Gasteiger partial charge >= 0.3 is 0 Å². The average Bonchev–Trinajstić information content (AvgIpc) is 2.77. The average molecular weight is 408 g/mol. The van der Waals surface area contributed by atoms with Crippen molar-refractivity contribution in [3.8, 4) is 11.8 Å². The standard InChI is InChI=1S/C22H24N4O4/c1-24-21(28)16-30-19-10-5-7-17(15-19)25-20(27)11-12-22(29)26(14-6-13-23)18-8-3-2-4-9-18/h2-5,7-10,15H,6,11-12,14,16H2,1H3,(H,24,28)(H,25,27). The van der Waals surface area contributed by atoms with Crippen molar-refractivity contribution < 1.29 is 19.1 Å². The van der Waals surface area contributed by atoms with E-state index in [1.54, 1.807) is 36.4 Å². The van der Waals surface area contributed by atoms with E-state index in [0.29, 0.717) is 17.1 Å². The quantitative estimate of drug-likeness (QED) is 0.627. The van der Waals surface area contributed by atoms with Crippen LogP contribution in [0.25, 0.3) is 0 Å². The minimum Gasteiger partial charge on any atom is -0.484 e. The van der Waals surface area contributed by atoms with Crippen LogP contribution in [0.1, 0.15) is 19.3 Å². The van der Waals surface area contributed by atoms with Crippen LogP contribution in [0.15, 0.2) is 54.6 Å². The second-order valence-corrected chi connectivity index (χ2v) is 6.33. The fourth-order valence-corrected chi connectivity index (χ4v) is 2.63. The summed E-state index contributed by atoms with van der Waals surface area (Å²) in [5.74, 6) is -0.365. The van der Waals surface area contributed by atoms with E-state index in [2.05, 4.69) is 10.6 Å². The first-order valence-corrected chi connectivity index (χ1v) is 9.49. The molecule has 0 unspecified atom stereocenters. The number of anilines is 2. The molecule has 156 valence electrons. The number of nitriles is 1. The first kappa shape index (κ1) is 22.4. The Morgan fingerprint density at radius 3 is 2.50 bits per heavy atom. The van der Waals surface area contributed by atoms with Crippen LogP contribution in [-0.4, -0.2) is 37.9 Å². The normalized spacial score (nSPS) is 9.87. The molecule has 0 aliphatic heterocycles. The summed E-state index contributed by atoms with van der Waals surface area (Å²) in [6.45, 7) is 0.145. The lowest BCUT2D eigenvalue weighted by Gasteiger charge is -2.21. The highest BCUT2D eigenvalue weighted by molar-refractivity contribution is 5.98. The Labute approximate surface area is 175 Å². The van der Waals surface area contributed by atoms with E-state index in [-0.39, 0.29) is 50.1 Å². The maximum Gasteiger partial charge on any atom is 0.257 e. The Morgan fingerprint density at radius 2 is 1.80 bits per heavy atom. The number of hydrogen-bond acceptors (Lipinski definition) is 5. The molecule has 0 aliphatic carbocycles. The first-order valence-electron chi connectivity index (χ1n) is 9.49. The monoisotopic (exact) mass is 408 g/mol. The summed E-state index contributed by atoms with van der Waals surface area (Å²) in [5, 5.41) is 14.0. The number of ether oxygens (including phenoxy) is 1. The number of carbonyl (C=O) groups is 3. The van der Waals surface area contributed by atoms with Crippen molar-refractivity contribution in [1.29, 1.82) is 5.26 Å². The van der Waals surface area contributed by atoms with E-state index in [9.17, 15) is 14.4 Å². The smallest absolute Gasteiger partial charge is 0.257 e. The number of rotatable bonds is 10. The van der Waals surface area contributed by atoms with Crippen molar-refractivity contribution in [3.63, 3.8) is 0 Å². The van der Waals surface area contributed by atoms with Crippen molar-refractivity contribution in [2.45, 2.75) is 19.3 Å². The number of likely N-dealkylation sites (N-methyl/N-ethyl adjacent to an activating group) is 1. The van der Waals surface area contributed by atoms with Crippen LogP contribution in [0.3, 0.4) is 0 Å². The molecule has 2 rings (SSSR count). The molecule has 3 amide bonds. The van der Waals surface area contributed by atoms with Crippen LogP contribution in [0.5, 0.6) is 5.75 Å². The number of nitrogens with one attached hydrogen (secondary N) is 2. The molecule has 30 heavy (non-hydrogen) atoms. The molecular formula is C22H24N4O4. The van der Waals surface area contributed by atoms with Gasteiger partial charge < -0.3 is 20.3 Å². The zero-order chi connectivity index (χ0) is 21.8. The molecule has 0 bridgehead atoms. The fourth-order valence-electron chi connectivity index (χ4n) is 2.63. The topological polar surface area (TPSA) is 112 Å². The summed E-state index contributed by atoms with van der Waals surface area (Å²) in [7, 11) is 1.52. The lowest BCUT2D eigenvalue weighted by Crippen LogP contribution is -2.32. The molecule has 0 saturated carbocycles. The van der Waals surface area contributed by atoms with Gasteiger partial charge in [-0.1, -0.05) is 24.3 Å². The fraction of sp³-hybridized carbons (Fsp3) is 0.273. The SMILES string of the molecule is CNC(=O)COc1cccc(NC(=O)CCC(=O)N(CCC#N)c2ccccc2)c1. The Hall–Kier alpha value is -3.86. The van der Waals surface area contributed by atoms with E-state index in [1.165, 1.54) is 11.9 Å². The summed E-state index contributed by atoms with van der Waals surface area (Å²) in [4.78, 5) is 37.7. The van der Waals surface area contributed by atoms with Crippen molar-refractivity contribution in [2.24, 2.45) is 0 Å². The highest BCUT2D eigenvalue weighted by Gasteiger charge is 2.16. The van der Waals surface area contributed by atoms with Gasteiger partial charge in [-0.3, -0.25) is 14.4 Å². The number of hydrogen-bond donors (Lipinski definition) is 2. The van der Waals surface area contributed by atoms with Crippen LogP contribution in [0.2, 0.25) is 0 Å². The highest BCUT2D eigenvalue weighted by atomic mass is 16.5. The van der Waals surface area contributed by atoms with Crippen LogP contribution >= 0.6 is 0 Å². The third kappa shape index (κ3) is 7.28. The molecule has 2 aromatic carbocycles. The number of nitrogens with zero attached hydrogens (tertiary/aromatic N) is 2. The number of carbonyl (C=O) groups excluding carboxylic acids is 3. The Bertz CT molecular complexity index is 909. The van der Waals surface area contributed by atoms with Crippen molar-refractivity contribution >= 4 is 29.1 Å². The number of para-hydroxylation sites is 1. The van der Waals surface area contributed by atoms with Crippen molar-refractivity contribution in [3.05, 3.63) is 54.6 Å². The van der Waals surface area contributed by atoms with Gasteiger partial charge in [-0.05, 0) is 24.3 Å². The van der Waals surface area contributed by atoms with E-state index in [1.807, 2.05) is 24.3 Å². The largest absolute Gasteiger partial charge is 0.484 e. The Morgan fingerprint density at radius 1 is 1.03 bits per heavy atom. The van der Waals surface area contributed by atoms with Crippen LogP contribution in [0.4, 0.5) is 11.4 Å². The molecule has 2 aromatic rings.